The summed E-state index contributed by atoms with van der Waals surface area (Å²) in [5.41, 5.74) is 3.44. The highest BCUT2D eigenvalue weighted by atomic mass is 79.9. The predicted octanol–water partition coefficient (Wildman–Crippen LogP) is 3.84. The Labute approximate surface area is 164 Å². The molecule has 0 amide bonds. The number of hydrogen-bond donors (Lipinski definition) is 2. The molecule has 0 saturated heterocycles. The van der Waals surface area contributed by atoms with Crippen LogP contribution in [0, 0.1) is 0 Å². The molecule has 2 rings (SSSR count). The number of halogens is 1. The van der Waals surface area contributed by atoms with E-state index in [2.05, 4.69) is 32.4 Å². The number of alkyl halides is 1. The van der Waals surface area contributed by atoms with E-state index in [1.807, 2.05) is 30.3 Å². The van der Waals surface area contributed by atoms with E-state index in [1.54, 1.807) is 5.01 Å². The number of nitrogens with zero attached hydrogens (tertiary/aromatic N) is 2. The Balaban J connectivity index is 1.96. The molecule has 25 heavy (non-hydrogen) atoms. The molecule has 0 aliphatic heterocycles. The molecule has 6 heteroatoms. The summed E-state index contributed by atoms with van der Waals surface area (Å²) < 4.78 is 0. The van der Waals surface area contributed by atoms with Crippen molar-refractivity contribution in [3.8, 4) is 0 Å². The highest BCUT2D eigenvalue weighted by Gasteiger charge is 2.11. The Kier molecular flexibility index (Phi) is 9.15. The van der Waals surface area contributed by atoms with Gasteiger partial charge in [0.25, 0.3) is 0 Å². The molecule has 0 bridgehead atoms. The van der Waals surface area contributed by atoms with Crippen LogP contribution in [0.25, 0.3) is 0 Å². The predicted molar refractivity (Wildman–Crippen MR) is 112 cm³/mol. The van der Waals surface area contributed by atoms with Gasteiger partial charge in [-0.25, -0.2) is 5.01 Å². The molecular formula is C19H26BrN3OS. The summed E-state index contributed by atoms with van der Waals surface area (Å²) in [7, 11) is 0. The highest BCUT2D eigenvalue weighted by molar-refractivity contribution is 9.09. The Hall–Kier alpha value is -1.24. The van der Waals surface area contributed by atoms with Gasteiger partial charge >= 0.3 is 0 Å². The fourth-order valence-electron chi connectivity index (χ4n) is 2.78. The van der Waals surface area contributed by atoms with Crippen LogP contribution in [0.1, 0.15) is 37.7 Å². The van der Waals surface area contributed by atoms with Crippen LogP contribution >= 0.6 is 28.1 Å². The summed E-state index contributed by atoms with van der Waals surface area (Å²) >= 11 is 8.98. The fourth-order valence-corrected chi connectivity index (χ4v) is 3.45. The molecule has 0 unspecified atom stereocenters. The zero-order valence-corrected chi connectivity index (χ0v) is 16.9. The van der Waals surface area contributed by atoms with Crippen molar-refractivity contribution in [1.29, 1.82) is 0 Å². The lowest BCUT2D eigenvalue weighted by molar-refractivity contribution is 0.252. The second-order valence-corrected chi connectivity index (χ2v) is 6.93. The quantitative estimate of drug-likeness (QED) is 0.219. The number of hydrazone groups is 1. The third-order valence-electron chi connectivity index (χ3n) is 4.13. The van der Waals surface area contributed by atoms with Crippen LogP contribution in [-0.4, -0.2) is 46.0 Å². The van der Waals surface area contributed by atoms with E-state index in [1.165, 1.54) is 31.3 Å². The first-order valence-corrected chi connectivity index (χ1v) is 10.3. The lowest BCUT2D eigenvalue weighted by atomic mass is 9.97. The maximum Gasteiger partial charge on any atom is 0.189 e. The van der Waals surface area contributed by atoms with Gasteiger partial charge in [-0.3, -0.25) is 0 Å². The first-order valence-electron chi connectivity index (χ1n) is 8.77. The van der Waals surface area contributed by atoms with Crippen molar-refractivity contribution >= 4 is 39.0 Å². The van der Waals surface area contributed by atoms with Gasteiger partial charge in [-0.1, -0.05) is 57.9 Å². The number of rotatable bonds is 8. The minimum absolute atomic E-state index is 0.000822. The van der Waals surface area contributed by atoms with E-state index in [0.29, 0.717) is 17.0 Å². The SMILES string of the molecule is OCCN(N=C(CBr)c1ccccc1)C(=S)NCCC1=CCCCC1. The molecule has 0 saturated carbocycles. The summed E-state index contributed by atoms with van der Waals surface area (Å²) in [4.78, 5) is 0. The second kappa shape index (κ2) is 11.4. The number of thiocarbonyl (C=S) groups is 1. The van der Waals surface area contributed by atoms with E-state index in [9.17, 15) is 5.11 Å². The molecule has 0 atom stereocenters. The molecule has 2 N–H and O–H groups in total. The van der Waals surface area contributed by atoms with Crippen molar-refractivity contribution < 1.29 is 5.11 Å². The van der Waals surface area contributed by atoms with Crippen molar-refractivity contribution in [3.05, 3.63) is 47.5 Å². The maximum atomic E-state index is 9.35. The van der Waals surface area contributed by atoms with Crippen molar-refractivity contribution in [1.82, 2.24) is 10.3 Å². The van der Waals surface area contributed by atoms with Gasteiger partial charge in [-0.05, 0) is 49.9 Å². The number of benzene rings is 1. The summed E-state index contributed by atoms with van der Waals surface area (Å²) in [6.45, 7) is 1.18. The number of allylic oxidation sites excluding steroid dienone is 1. The Morgan fingerprint density at radius 3 is 2.72 bits per heavy atom. The Bertz CT molecular complexity index is 604. The van der Waals surface area contributed by atoms with Crippen LogP contribution in [0.5, 0.6) is 0 Å². The van der Waals surface area contributed by atoms with Gasteiger partial charge in [0.2, 0.25) is 0 Å². The third-order valence-corrected chi connectivity index (χ3v) is 5.01. The average molecular weight is 424 g/mol. The highest BCUT2D eigenvalue weighted by Crippen LogP contribution is 2.19. The summed E-state index contributed by atoms with van der Waals surface area (Å²) in [6, 6.07) is 9.98. The molecule has 0 heterocycles. The van der Waals surface area contributed by atoms with Crippen molar-refractivity contribution in [2.75, 3.05) is 25.0 Å². The first-order chi connectivity index (χ1) is 12.2. The van der Waals surface area contributed by atoms with E-state index in [4.69, 9.17) is 12.2 Å². The molecule has 0 fully saturated rings. The van der Waals surface area contributed by atoms with Crippen molar-refractivity contribution in [2.24, 2.45) is 5.10 Å². The summed E-state index contributed by atoms with van der Waals surface area (Å²) in [5.74, 6) is 0. The summed E-state index contributed by atoms with van der Waals surface area (Å²) in [5, 5.41) is 20.1. The lowest BCUT2D eigenvalue weighted by Gasteiger charge is -2.22. The number of hydrogen-bond acceptors (Lipinski definition) is 3. The van der Waals surface area contributed by atoms with Crippen molar-refractivity contribution in [2.45, 2.75) is 32.1 Å². The maximum absolute atomic E-state index is 9.35. The fraction of sp³-hybridized carbons (Fsp3) is 0.474. The van der Waals surface area contributed by atoms with Crippen LogP contribution in [0.15, 0.2) is 47.1 Å². The molecule has 4 nitrogen and oxygen atoms in total. The van der Waals surface area contributed by atoms with E-state index >= 15 is 0 Å². The van der Waals surface area contributed by atoms with Crippen LogP contribution < -0.4 is 5.32 Å². The molecule has 1 aromatic rings. The normalized spacial score (nSPS) is 14.8. The largest absolute Gasteiger partial charge is 0.394 e. The van der Waals surface area contributed by atoms with E-state index in [0.717, 1.165) is 24.2 Å². The van der Waals surface area contributed by atoms with Gasteiger partial charge in [0.15, 0.2) is 5.11 Å². The summed E-state index contributed by atoms with van der Waals surface area (Å²) in [6.07, 6.45) is 8.38. The monoisotopic (exact) mass is 423 g/mol. The molecule has 1 aliphatic rings. The Morgan fingerprint density at radius 1 is 1.28 bits per heavy atom. The van der Waals surface area contributed by atoms with Crippen LogP contribution in [-0.2, 0) is 0 Å². The van der Waals surface area contributed by atoms with Crippen LogP contribution in [0.2, 0.25) is 0 Å². The topological polar surface area (TPSA) is 47.9 Å². The van der Waals surface area contributed by atoms with Crippen LogP contribution in [0.4, 0.5) is 0 Å². The van der Waals surface area contributed by atoms with Gasteiger partial charge in [0, 0.05) is 11.9 Å². The number of nitrogens with one attached hydrogen (secondary N) is 1. The molecule has 0 aromatic heterocycles. The Morgan fingerprint density at radius 2 is 2.08 bits per heavy atom. The zero-order valence-electron chi connectivity index (χ0n) is 14.5. The first kappa shape index (κ1) is 20.1. The minimum atomic E-state index is 0.000822. The third kappa shape index (κ3) is 6.88. The smallest absolute Gasteiger partial charge is 0.189 e. The van der Waals surface area contributed by atoms with Gasteiger partial charge < -0.3 is 10.4 Å². The van der Waals surface area contributed by atoms with Gasteiger partial charge in [-0.2, -0.15) is 5.10 Å². The van der Waals surface area contributed by atoms with Crippen LogP contribution in [0.3, 0.4) is 0 Å². The molecule has 1 aliphatic carbocycles. The second-order valence-electron chi connectivity index (χ2n) is 5.98. The molecule has 0 radical (unpaired) electrons. The molecular weight excluding hydrogens is 398 g/mol. The lowest BCUT2D eigenvalue weighted by Crippen LogP contribution is -2.39. The average Bonchev–Trinajstić information content (AvgIpc) is 2.66. The van der Waals surface area contributed by atoms with E-state index < -0.39 is 0 Å². The standard InChI is InChI=1S/C19H26BrN3OS/c20-15-18(17-9-5-2-6-10-17)22-23(13-14-24)19(25)21-12-11-16-7-3-1-4-8-16/h2,5-7,9-10,24H,1,3-4,8,11-15H2,(H,21,25). The molecule has 1 aromatic carbocycles. The number of aliphatic hydroxyl groups is 1. The van der Waals surface area contributed by atoms with Gasteiger partial charge in [0.1, 0.15) is 0 Å². The van der Waals surface area contributed by atoms with E-state index in [-0.39, 0.29) is 6.61 Å². The minimum Gasteiger partial charge on any atom is -0.394 e. The molecule has 136 valence electrons. The number of aliphatic hydroxyl groups excluding tert-OH is 1. The zero-order chi connectivity index (χ0) is 17.9. The van der Waals surface area contributed by atoms with Crippen molar-refractivity contribution in [3.63, 3.8) is 0 Å². The molecule has 0 spiro atoms. The van der Waals surface area contributed by atoms with Gasteiger partial charge in [-0.15, -0.1) is 0 Å². The van der Waals surface area contributed by atoms with Gasteiger partial charge in [0.05, 0.1) is 18.9 Å².